The molecule has 0 radical (unpaired) electrons. The lowest BCUT2D eigenvalue weighted by molar-refractivity contribution is -0.119. The number of carbonyl (C=O) groups excluding carboxylic acids is 2. The number of urea groups is 1. The zero-order chi connectivity index (χ0) is 14.4. The molecule has 2 aliphatic heterocycles. The highest BCUT2D eigenvalue weighted by molar-refractivity contribution is 8.01. The zero-order valence-electron chi connectivity index (χ0n) is 10.1. The van der Waals surface area contributed by atoms with Crippen LogP contribution in [-0.4, -0.2) is 39.9 Å². The molecule has 106 valence electrons. The Hall–Kier alpha value is -0.980. The number of benzene rings is 1. The quantitative estimate of drug-likeness (QED) is 0.585. The van der Waals surface area contributed by atoms with Crippen molar-refractivity contribution in [2.45, 2.75) is 10.8 Å². The van der Waals surface area contributed by atoms with Crippen LogP contribution in [0.15, 0.2) is 18.2 Å². The summed E-state index contributed by atoms with van der Waals surface area (Å²) in [7, 11) is 0. The number of imide groups is 1. The smallest absolute Gasteiger partial charge is 0.309 e. The number of anilines is 1. The molecule has 8 heteroatoms. The fourth-order valence-electron chi connectivity index (χ4n) is 2.33. The molecule has 0 bridgehead atoms. The van der Waals surface area contributed by atoms with Crippen LogP contribution in [0.4, 0.5) is 14.9 Å². The highest BCUT2D eigenvalue weighted by Crippen LogP contribution is 2.37. The van der Waals surface area contributed by atoms with Crippen molar-refractivity contribution in [3.8, 4) is 0 Å². The van der Waals surface area contributed by atoms with Gasteiger partial charge in [0.1, 0.15) is 16.6 Å². The number of nitrogens with zero attached hydrogens (tertiary/aromatic N) is 2. The summed E-state index contributed by atoms with van der Waals surface area (Å²) in [6.07, 6.45) is 0. The molecule has 2 atom stereocenters. The minimum Gasteiger partial charge on any atom is -0.309 e. The van der Waals surface area contributed by atoms with E-state index in [1.165, 1.54) is 28.8 Å². The van der Waals surface area contributed by atoms with E-state index in [-0.39, 0.29) is 10.7 Å². The number of hydrogen-bond donors (Lipinski definition) is 0. The first kappa shape index (κ1) is 14.0. The van der Waals surface area contributed by atoms with Gasteiger partial charge in [-0.2, -0.15) is 0 Å². The van der Waals surface area contributed by atoms with Crippen molar-refractivity contribution in [1.82, 2.24) is 4.90 Å². The van der Waals surface area contributed by atoms with E-state index in [1.807, 2.05) is 0 Å². The van der Waals surface area contributed by atoms with Gasteiger partial charge in [-0.05, 0) is 18.2 Å². The second kappa shape index (κ2) is 5.09. The van der Waals surface area contributed by atoms with E-state index in [0.717, 1.165) is 11.0 Å². The first-order valence-corrected chi connectivity index (χ1v) is 7.72. The van der Waals surface area contributed by atoms with E-state index >= 15 is 0 Å². The molecule has 2 heterocycles. The van der Waals surface area contributed by atoms with Gasteiger partial charge in [-0.25, -0.2) is 14.1 Å². The Kier molecular flexibility index (Phi) is 3.56. The second-order valence-electron chi connectivity index (χ2n) is 4.41. The Morgan fingerprint density at radius 2 is 2.10 bits per heavy atom. The van der Waals surface area contributed by atoms with Crippen LogP contribution in [0.2, 0.25) is 5.02 Å². The molecule has 2 fully saturated rings. The van der Waals surface area contributed by atoms with Crippen LogP contribution in [0.3, 0.4) is 0 Å². The predicted octanol–water partition coefficient (Wildman–Crippen LogP) is 2.93. The third-order valence-corrected chi connectivity index (χ3v) is 5.10. The van der Waals surface area contributed by atoms with Gasteiger partial charge in [0.05, 0.1) is 5.69 Å². The fraction of sp³-hybridized carbons (Fsp3) is 0.333. The van der Waals surface area contributed by atoms with Gasteiger partial charge in [-0.1, -0.05) is 11.6 Å². The lowest BCUT2D eigenvalue weighted by Crippen LogP contribution is -2.45. The van der Waals surface area contributed by atoms with Crippen LogP contribution >= 0.6 is 35.0 Å². The normalized spacial score (nSPS) is 26.1. The molecule has 1 aromatic carbocycles. The average Bonchev–Trinajstić information content (AvgIpc) is 2.64. The summed E-state index contributed by atoms with van der Waals surface area (Å²) in [5.41, 5.74) is -0.0901. The van der Waals surface area contributed by atoms with E-state index < -0.39 is 28.5 Å². The maximum absolute atomic E-state index is 13.9. The number of fused-ring (bicyclic) bond motifs is 1. The molecule has 4 nitrogen and oxygen atoms in total. The van der Waals surface area contributed by atoms with Gasteiger partial charge >= 0.3 is 6.03 Å². The lowest BCUT2D eigenvalue weighted by Gasteiger charge is -2.29. The van der Waals surface area contributed by atoms with Gasteiger partial charge < -0.3 is 4.90 Å². The Balaban J connectivity index is 2.02. The molecule has 0 aromatic heterocycles. The number of carbonyl (C=O) groups is 2. The van der Waals surface area contributed by atoms with E-state index in [2.05, 4.69) is 0 Å². The van der Waals surface area contributed by atoms with Crippen LogP contribution in [0.25, 0.3) is 0 Å². The van der Waals surface area contributed by atoms with Crippen LogP contribution in [0.1, 0.15) is 0 Å². The van der Waals surface area contributed by atoms with E-state index in [1.54, 1.807) is 0 Å². The number of rotatable bonds is 1. The van der Waals surface area contributed by atoms with Crippen molar-refractivity contribution in [1.29, 1.82) is 0 Å². The van der Waals surface area contributed by atoms with Gasteiger partial charge in [-0.3, -0.25) is 4.79 Å². The summed E-state index contributed by atoms with van der Waals surface area (Å²) in [6.45, 7) is 0.425. The van der Waals surface area contributed by atoms with Crippen molar-refractivity contribution in [3.05, 3.63) is 29.0 Å². The summed E-state index contributed by atoms with van der Waals surface area (Å²) in [4.78, 5) is 26.9. The summed E-state index contributed by atoms with van der Waals surface area (Å²) < 4.78 is 13.4. The molecular formula is C12H9Cl2FN2O2S. The largest absolute Gasteiger partial charge is 0.332 e. The van der Waals surface area contributed by atoms with Crippen LogP contribution < -0.4 is 4.90 Å². The summed E-state index contributed by atoms with van der Waals surface area (Å²) in [6, 6.07) is 2.56. The number of halogens is 3. The summed E-state index contributed by atoms with van der Waals surface area (Å²) in [5, 5.41) is 0.203. The lowest BCUT2D eigenvalue weighted by atomic mass is 10.2. The molecule has 3 rings (SSSR count). The number of alkyl halides is 1. The molecular weight excluding hydrogens is 326 g/mol. The highest BCUT2D eigenvalue weighted by Gasteiger charge is 2.51. The Morgan fingerprint density at radius 3 is 2.75 bits per heavy atom. The van der Waals surface area contributed by atoms with E-state index in [4.69, 9.17) is 23.2 Å². The van der Waals surface area contributed by atoms with Crippen molar-refractivity contribution >= 4 is 52.6 Å². The molecule has 2 saturated heterocycles. The number of amides is 3. The molecule has 20 heavy (non-hydrogen) atoms. The molecule has 1 aromatic rings. The molecule has 0 spiro atoms. The van der Waals surface area contributed by atoms with Crippen LogP contribution in [0, 0.1) is 5.82 Å². The third kappa shape index (κ3) is 2.06. The Bertz CT molecular complexity index is 601. The summed E-state index contributed by atoms with van der Waals surface area (Å²) >= 11 is 13.2. The Labute approximate surface area is 128 Å². The van der Waals surface area contributed by atoms with E-state index in [0.29, 0.717) is 12.3 Å². The fourth-order valence-corrected chi connectivity index (χ4v) is 3.98. The maximum atomic E-state index is 13.9. The molecule has 2 aliphatic rings. The molecule has 3 amide bonds. The van der Waals surface area contributed by atoms with Gasteiger partial charge in [0.2, 0.25) is 0 Å². The third-order valence-electron chi connectivity index (χ3n) is 3.25. The minimum absolute atomic E-state index is 0.0901. The van der Waals surface area contributed by atoms with Gasteiger partial charge in [-0.15, -0.1) is 23.4 Å². The summed E-state index contributed by atoms with van der Waals surface area (Å²) in [5.74, 6) is -0.554. The SMILES string of the molecule is O=C1C2C(Cl)SCCN2C(=O)N1c1ccc(Cl)cc1F. The van der Waals surface area contributed by atoms with Gasteiger partial charge in [0.15, 0.2) is 0 Å². The molecule has 0 saturated carbocycles. The number of thioether (sulfide) groups is 1. The zero-order valence-corrected chi connectivity index (χ0v) is 12.4. The van der Waals surface area contributed by atoms with Crippen LogP contribution in [0.5, 0.6) is 0 Å². The van der Waals surface area contributed by atoms with Crippen molar-refractivity contribution in [2.75, 3.05) is 17.2 Å². The van der Waals surface area contributed by atoms with Crippen molar-refractivity contribution < 1.29 is 14.0 Å². The predicted molar refractivity (Wildman–Crippen MR) is 76.9 cm³/mol. The molecule has 0 N–H and O–H groups in total. The number of hydrogen-bond acceptors (Lipinski definition) is 3. The van der Waals surface area contributed by atoms with Crippen LogP contribution in [-0.2, 0) is 4.79 Å². The maximum Gasteiger partial charge on any atom is 0.332 e. The monoisotopic (exact) mass is 334 g/mol. The standard InChI is InChI=1S/C12H9Cl2FN2O2S/c13-6-1-2-8(7(15)5-6)17-11(18)9-10(14)20-4-3-16(9)12(17)19/h1-2,5,9-10H,3-4H2. The Morgan fingerprint density at radius 1 is 1.35 bits per heavy atom. The molecule has 0 aliphatic carbocycles. The topological polar surface area (TPSA) is 40.6 Å². The van der Waals surface area contributed by atoms with Crippen molar-refractivity contribution in [3.63, 3.8) is 0 Å². The molecule has 2 unspecified atom stereocenters. The van der Waals surface area contributed by atoms with Gasteiger partial charge in [0, 0.05) is 17.3 Å². The first-order valence-electron chi connectivity index (χ1n) is 5.86. The first-order chi connectivity index (χ1) is 9.50. The minimum atomic E-state index is -0.738. The second-order valence-corrected chi connectivity index (χ2v) is 6.83. The van der Waals surface area contributed by atoms with Crippen molar-refractivity contribution in [2.24, 2.45) is 0 Å². The highest BCUT2D eigenvalue weighted by atomic mass is 35.5. The van der Waals surface area contributed by atoms with E-state index in [9.17, 15) is 14.0 Å². The van der Waals surface area contributed by atoms with Gasteiger partial charge in [0.25, 0.3) is 5.91 Å². The average molecular weight is 335 g/mol.